The van der Waals surface area contributed by atoms with Crippen molar-refractivity contribution in [3.63, 3.8) is 0 Å². The van der Waals surface area contributed by atoms with E-state index in [1.165, 1.54) is 12.1 Å². The van der Waals surface area contributed by atoms with Crippen LogP contribution in [0.25, 0.3) is 0 Å². The second-order valence-corrected chi connectivity index (χ2v) is 5.05. The van der Waals surface area contributed by atoms with Crippen molar-refractivity contribution in [3.8, 4) is 0 Å². The molecule has 2 rings (SSSR count). The third-order valence-electron chi connectivity index (χ3n) is 2.58. The Kier molecular flexibility index (Phi) is 4.52. The average Bonchev–Trinajstić information content (AvgIpc) is 2.88. The molecule has 0 atom stereocenters. The topological polar surface area (TPSA) is 84.2 Å². The van der Waals surface area contributed by atoms with Gasteiger partial charge in [0.2, 0.25) is 5.91 Å². The summed E-state index contributed by atoms with van der Waals surface area (Å²) >= 11 is 3.21. The van der Waals surface area contributed by atoms with Crippen molar-refractivity contribution in [1.29, 1.82) is 0 Å². The number of halogens is 1. The zero-order valence-electron chi connectivity index (χ0n) is 10.4. The number of hydrogen-bond donors (Lipinski definition) is 2. The van der Waals surface area contributed by atoms with E-state index in [9.17, 15) is 9.59 Å². The summed E-state index contributed by atoms with van der Waals surface area (Å²) in [6.45, 7) is 0.519. The normalized spacial score (nSPS) is 10.2. The van der Waals surface area contributed by atoms with E-state index in [0.717, 1.165) is 0 Å². The van der Waals surface area contributed by atoms with Gasteiger partial charge in [-0.15, -0.1) is 0 Å². The maximum Gasteiger partial charge on any atom is 0.335 e. The number of aromatic nitrogens is 2. The SMILES string of the molecule is O=C(CCn1ccnc1)Nc1cc(Br)cc(C(=O)O)c1. The van der Waals surface area contributed by atoms with Crippen molar-refractivity contribution in [1.82, 2.24) is 9.55 Å². The van der Waals surface area contributed by atoms with Gasteiger partial charge in [0.05, 0.1) is 11.9 Å². The Morgan fingerprint density at radius 1 is 1.35 bits per heavy atom. The van der Waals surface area contributed by atoms with Crippen molar-refractivity contribution < 1.29 is 14.7 Å². The molecule has 2 N–H and O–H groups in total. The van der Waals surface area contributed by atoms with Gasteiger partial charge in [0.1, 0.15) is 0 Å². The van der Waals surface area contributed by atoms with Crippen LogP contribution in [0.3, 0.4) is 0 Å². The number of imidazole rings is 1. The molecule has 1 heterocycles. The molecule has 20 heavy (non-hydrogen) atoms. The fraction of sp³-hybridized carbons (Fsp3) is 0.154. The van der Waals surface area contributed by atoms with Crippen molar-refractivity contribution in [2.75, 3.05) is 5.32 Å². The van der Waals surface area contributed by atoms with E-state index in [4.69, 9.17) is 5.11 Å². The molecule has 6 nitrogen and oxygen atoms in total. The van der Waals surface area contributed by atoms with E-state index in [0.29, 0.717) is 16.7 Å². The van der Waals surface area contributed by atoms with E-state index < -0.39 is 5.97 Å². The quantitative estimate of drug-likeness (QED) is 0.877. The maximum atomic E-state index is 11.8. The van der Waals surface area contributed by atoms with E-state index in [1.807, 2.05) is 0 Å². The van der Waals surface area contributed by atoms with Crippen LogP contribution in [0.1, 0.15) is 16.8 Å². The molecule has 0 saturated carbocycles. The number of nitrogens with one attached hydrogen (secondary N) is 1. The van der Waals surface area contributed by atoms with Crippen LogP contribution in [0.15, 0.2) is 41.4 Å². The highest BCUT2D eigenvalue weighted by Crippen LogP contribution is 2.20. The summed E-state index contributed by atoms with van der Waals surface area (Å²) < 4.78 is 2.39. The predicted molar refractivity (Wildman–Crippen MR) is 76.6 cm³/mol. The largest absolute Gasteiger partial charge is 0.478 e. The number of carboxylic acid groups (broad SMARTS) is 1. The molecular weight excluding hydrogens is 326 g/mol. The van der Waals surface area contributed by atoms with E-state index in [-0.39, 0.29) is 17.9 Å². The number of carboxylic acids is 1. The molecule has 0 spiro atoms. The molecule has 0 aliphatic heterocycles. The zero-order valence-corrected chi connectivity index (χ0v) is 12.0. The van der Waals surface area contributed by atoms with Crippen LogP contribution < -0.4 is 5.32 Å². The molecule has 0 aliphatic rings. The molecule has 1 aromatic carbocycles. The van der Waals surface area contributed by atoms with Crippen LogP contribution in [0, 0.1) is 0 Å². The van der Waals surface area contributed by atoms with E-state index in [1.54, 1.807) is 29.4 Å². The molecule has 2 aromatic rings. The Morgan fingerprint density at radius 3 is 2.80 bits per heavy atom. The average molecular weight is 338 g/mol. The predicted octanol–water partition coefficient (Wildman–Crippen LogP) is 2.37. The minimum atomic E-state index is -1.04. The lowest BCUT2D eigenvalue weighted by Crippen LogP contribution is -2.14. The lowest BCUT2D eigenvalue weighted by atomic mass is 10.2. The molecule has 0 bridgehead atoms. The molecule has 0 fully saturated rings. The molecule has 0 aliphatic carbocycles. The van der Waals surface area contributed by atoms with Crippen molar-refractivity contribution in [3.05, 3.63) is 47.0 Å². The number of carbonyl (C=O) groups is 2. The number of amides is 1. The number of hydrogen-bond acceptors (Lipinski definition) is 3. The summed E-state index contributed by atoms with van der Waals surface area (Å²) in [5.41, 5.74) is 0.566. The first kappa shape index (κ1) is 14.3. The van der Waals surface area contributed by atoms with Gasteiger partial charge in [0, 0.05) is 35.5 Å². The number of anilines is 1. The summed E-state index contributed by atoms with van der Waals surface area (Å²) in [6.07, 6.45) is 5.33. The van der Waals surface area contributed by atoms with Crippen molar-refractivity contribution in [2.24, 2.45) is 0 Å². The summed E-state index contributed by atoms with van der Waals surface area (Å²) in [5, 5.41) is 11.6. The minimum Gasteiger partial charge on any atom is -0.478 e. The van der Waals surface area contributed by atoms with E-state index in [2.05, 4.69) is 26.2 Å². The van der Waals surface area contributed by atoms with Crippen molar-refractivity contribution in [2.45, 2.75) is 13.0 Å². The lowest BCUT2D eigenvalue weighted by Gasteiger charge is -2.07. The molecule has 0 radical (unpaired) electrons. The first-order valence-corrected chi connectivity index (χ1v) is 6.63. The van der Waals surface area contributed by atoms with Crippen LogP contribution >= 0.6 is 15.9 Å². The first-order chi connectivity index (χ1) is 9.54. The van der Waals surface area contributed by atoms with Gasteiger partial charge >= 0.3 is 5.97 Å². The van der Waals surface area contributed by atoms with Gasteiger partial charge in [0.25, 0.3) is 0 Å². The number of nitrogens with zero attached hydrogens (tertiary/aromatic N) is 2. The summed E-state index contributed by atoms with van der Waals surface area (Å²) in [7, 11) is 0. The van der Waals surface area contributed by atoms with Gasteiger partial charge in [-0.1, -0.05) is 15.9 Å². The van der Waals surface area contributed by atoms with Gasteiger partial charge in [0.15, 0.2) is 0 Å². The second kappa shape index (κ2) is 6.33. The van der Waals surface area contributed by atoms with Gasteiger partial charge in [-0.05, 0) is 18.2 Å². The molecular formula is C13H12BrN3O3. The molecule has 7 heteroatoms. The molecule has 0 unspecified atom stereocenters. The van der Waals surface area contributed by atoms with Gasteiger partial charge in [-0.3, -0.25) is 4.79 Å². The highest BCUT2D eigenvalue weighted by atomic mass is 79.9. The Balaban J connectivity index is 1.98. The van der Waals surface area contributed by atoms with Crippen LogP contribution in [-0.4, -0.2) is 26.5 Å². The fourth-order valence-electron chi connectivity index (χ4n) is 1.66. The Morgan fingerprint density at radius 2 is 2.15 bits per heavy atom. The number of rotatable bonds is 5. The maximum absolute atomic E-state index is 11.8. The number of carbonyl (C=O) groups excluding carboxylic acids is 1. The monoisotopic (exact) mass is 337 g/mol. The summed E-state index contributed by atoms with van der Waals surface area (Å²) in [4.78, 5) is 26.6. The Labute approximate surface area is 123 Å². The lowest BCUT2D eigenvalue weighted by molar-refractivity contribution is -0.116. The zero-order chi connectivity index (χ0) is 14.5. The molecule has 0 saturated heterocycles. The fourth-order valence-corrected chi connectivity index (χ4v) is 2.15. The smallest absolute Gasteiger partial charge is 0.335 e. The highest BCUT2D eigenvalue weighted by Gasteiger charge is 2.08. The van der Waals surface area contributed by atoms with Gasteiger partial charge < -0.3 is 15.0 Å². The van der Waals surface area contributed by atoms with Crippen molar-refractivity contribution >= 4 is 33.5 Å². The van der Waals surface area contributed by atoms with Gasteiger partial charge in [-0.2, -0.15) is 0 Å². The summed E-state index contributed by atoms with van der Waals surface area (Å²) in [6, 6.07) is 4.55. The highest BCUT2D eigenvalue weighted by molar-refractivity contribution is 9.10. The van der Waals surface area contributed by atoms with E-state index >= 15 is 0 Å². The third kappa shape index (κ3) is 3.92. The van der Waals surface area contributed by atoms with Crippen LogP contribution in [0.4, 0.5) is 5.69 Å². The van der Waals surface area contributed by atoms with Crippen LogP contribution in [0.5, 0.6) is 0 Å². The molecule has 1 amide bonds. The molecule has 1 aromatic heterocycles. The standard InChI is InChI=1S/C13H12BrN3O3/c14-10-5-9(13(19)20)6-11(7-10)16-12(18)1-3-17-4-2-15-8-17/h2,4-8H,1,3H2,(H,16,18)(H,19,20). The minimum absolute atomic E-state index is 0.115. The summed E-state index contributed by atoms with van der Waals surface area (Å²) in [5.74, 6) is -1.23. The Bertz CT molecular complexity index is 626. The third-order valence-corrected chi connectivity index (χ3v) is 3.04. The molecule has 104 valence electrons. The number of aryl methyl sites for hydroxylation is 1. The first-order valence-electron chi connectivity index (χ1n) is 5.84. The number of benzene rings is 1. The number of aromatic carboxylic acids is 1. The second-order valence-electron chi connectivity index (χ2n) is 4.13. The van der Waals surface area contributed by atoms with Crippen LogP contribution in [0.2, 0.25) is 0 Å². The Hall–Kier alpha value is -2.15. The van der Waals surface area contributed by atoms with Crippen LogP contribution in [-0.2, 0) is 11.3 Å². The van der Waals surface area contributed by atoms with Gasteiger partial charge in [-0.25, -0.2) is 9.78 Å².